The highest BCUT2D eigenvalue weighted by atomic mass is 16.5. The third-order valence-corrected chi connectivity index (χ3v) is 3.15. The molecule has 0 unspecified atom stereocenters. The van der Waals surface area contributed by atoms with E-state index in [0.717, 1.165) is 31.4 Å². The van der Waals surface area contributed by atoms with E-state index >= 15 is 0 Å². The van der Waals surface area contributed by atoms with Gasteiger partial charge in [0.15, 0.2) is 0 Å². The molecule has 1 N–H and O–H groups in total. The molecule has 0 saturated carbocycles. The molecule has 1 aromatic rings. The van der Waals surface area contributed by atoms with Crippen molar-refractivity contribution in [2.24, 2.45) is 5.92 Å². The van der Waals surface area contributed by atoms with Crippen molar-refractivity contribution in [2.75, 3.05) is 19.7 Å². The number of ether oxygens (including phenoxy) is 1. The van der Waals surface area contributed by atoms with Crippen LogP contribution in [0.1, 0.15) is 46.6 Å². The molecular weight excluding hydrogens is 234 g/mol. The number of nitrogens with one attached hydrogen (secondary N) is 1. The molecule has 0 saturated heterocycles. The van der Waals surface area contributed by atoms with Gasteiger partial charge in [0, 0.05) is 6.54 Å². The van der Waals surface area contributed by atoms with Crippen molar-refractivity contribution in [3.05, 3.63) is 29.8 Å². The van der Waals surface area contributed by atoms with E-state index in [-0.39, 0.29) is 5.41 Å². The molecule has 108 valence electrons. The van der Waals surface area contributed by atoms with Gasteiger partial charge in [-0.15, -0.1) is 0 Å². The first-order chi connectivity index (χ1) is 8.89. The van der Waals surface area contributed by atoms with Crippen molar-refractivity contribution in [1.29, 1.82) is 0 Å². The summed E-state index contributed by atoms with van der Waals surface area (Å²) in [6.07, 6.45) is 1.22. The summed E-state index contributed by atoms with van der Waals surface area (Å²) in [6, 6.07) is 8.41. The van der Waals surface area contributed by atoms with Crippen molar-refractivity contribution >= 4 is 0 Å². The fourth-order valence-electron chi connectivity index (χ4n) is 1.81. The van der Waals surface area contributed by atoms with Gasteiger partial charge in [-0.1, -0.05) is 46.8 Å². The van der Waals surface area contributed by atoms with E-state index < -0.39 is 0 Å². The maximum atomic E-state index is 5.79. The molecule has 1 rings (SSSR count). The van der Waals surface area contributed by atoms with Gasteiger partial charge in [-0.25, -0.2) is 0 Å². The molecule has 2 nitrogen and oxygen atoms in total. The molecule has 0 atom stereocenters. The fraction of sp³-hybridized carbons (Fsp3) is 0.647. The van der Waals surface area contributed by atoms with Gasteiger partial charge in [0.1, 0.15) is 12.4 Å². The summed E-state index contributed by atoms with van der Waals surface area (Å²) in [4.78, 5) is 0. The van der Waals surface area contributed by atoms with Gasteiger partial charge in [-0.3, -0.25) is 0 Å². The zero-order valence-corrected chi connectivity index (χ0v) is 13.1. The topological polar surface area (TPSA) is 21.3 Å². The van der Waals surface area contributed by atoms with Crippen molar-refractivity contribution in [3.63, 3.8) is 0 Å². The first-order valence-electron chi connectivity index (χ1n) is 7.33. The predicted octanol–water partition coefficient (Wildman–Crippen LogP) is 4.00. The van der Waals surface area contributed by atoms with Crippen molar-refractivity contribution in [1.82, 2.24) is 5.32 Å². The number of hydrogen-bond acceptors (Lipinski definition) is 2. The summed E-state index contributed by atoms with van der Waals surface area (Å²) < 4.78 is 5.79. The van der Waals surface area contributed by atoms with E-state index in [0.29, 0.717) is 0 Å². The number of hydrogen-bond donors (Lipinski definition) is 1. The van der Waals surface area contributed by atoms with Gasteiger partial charge in [-0.05, 0) is 42.0 Å². The zero-order valence-electron chi connectivity index (χ0n) is 13.1. The average Bonchev–Trinajstić information content (AvgIpc) is 2.32. The zero-order chi connectivity index (χ0) is 14.3. The minimum atomic E-state index is 0.175. The third kappa shape index (κ3) is 6.63. The Morgan fingerprint density at radius 3 is 2.53 bits per heavy atom. The van der Waals surface area contributed by atoms with Crippen LogP contribution in [0.4, 0.5) is 0 Å². The molecular formula is C17H29NO. The summed E-state index contributed by atoms with van der Waals surface area (Å²) >= 11 is 0. The Labute approximate surface area is 118 Å². The summed E-state index contributed by atoms with van der Waals surface area (Å²) in [5.74, 6) is 1.73. The Balaban J connectivity index is 2.30. The molecule has 0 aromatic heterocycles. The van der Waals surface area contributed by atoms with Crippen LogP contribution in [0.15, 0.2) is 24.3 Å². The van der Waals surface area contributed by atoms with Gasteiger partial charge < -0.3 is 10.1 Å². The molecule has 2 heteroatoms. The number of rotatable bonds is 7. The molecule has 0 aliphatic rings. The Kier molecular flexibility index (Phi) is 6.36. The summed E-state index contributed by atoms with van der Waals surface area (Å²) in [5, 5.41) is 3.41. The lowest BCUT2D eigenvalue weighted by Gasteiger charge is -2.19. The highest BCUT2D eigenvalue weighted by Crippen LogP contribution is 2.25. The quantitative estimate of drug-likeness (QED) is 0.751. The largest absolute Gasteiger partial charge is 0.492 e. The minimum absolute atomic E-state index is 0.175. The average molecular weight is 263 g/mol. The third-order valence-electron chi connectivity index (χ3n) is 3.15. The highest BCUT2D eigenvalue weighted by molar-refractivity contribution is 5.32. The van der Waals surface area contributed by atoms with E-state index in [1.165, 1.54) is 12.0 Å². The Morgan fingerprint density at radius 1 is 1.16 bits per heavy atom. The fourth-order valence-corrected chi connectivity index (χ4v) is 1.81. The van der Waals surface area contributed by atoms with Crippen LogP contribution in [0.25, 0.3) is 0 Å². The first-order valence-corrected chi connectivity index (χ1v) is 7.33. The molecule has 0 spiro atoms. The Hall–Kier alpha value is -1.02. The monoisotopic (exact) mass is 263 g/mol. The standard InChI is InChI=1S/C17H29NO/c1-14(2)9-10-18-11-12-19-16-8-6-7-15(13-16)17(3,4)5/h6-8,13-14,18H,9-12H2,1-5H3. The van der Waals surface area contributed by atoms with E-state index in [4.69, 9.17) is 4.74 Å². The van der Waals surface area contributed by atoms with Gasteiger partial charge in [0.25, 0.3) is 0 Å². The van der Waals surface area contributed by atoms with Crippen molar-refractivity contribution in [3.8, 4) is 5.75 Å². The lowest BCUT2D eigenvalue weighted by atomic mass is 9.87. The summed E-state index contributed by atoms with van der Waals surface area (Å²) in [7, 11) is 0. The van der Waals surface area contributed by atoms with Crippen molar-refractivity contribution < 1.29 is 4.74 Å². The minimum Gasteiger partial charge on any atom is -0.492 e. The number of benzene rings is 1. The van der Waals surface area contributed by atoms with E-state index in [1.54, 1.807) is 0 Å². The van der Waals surface area contributed by atoms with Crippen molar-refractivity contribution in [2.45, 2.75) is 46.5 Å². The molecule has 0 amide bonds. The summed E-state index contributed by atoms with van der Waals surface area (Å²) in [6.45, 7) is 13.9. The lowest BCUT2D eigenvalue weighted by Crippen LogP contribution is -2.23. The van der Waals surface area contributed by atoms with Crippen LogP contribution in [0.3, 0.4) is 0 Å². The van der Waals surface area contributed by atoms with Crippen LogP contribution in [-0.2, 0) is 5.41 Å². The van der Waals surface area contributed by atoms with E-state index in [1.807, 2.05) is 6.07 Å². The molecule has 0 aliphatic heterocycles. The van der Waals surface area contributed by atoms with Gasteiger partial charge in [-0.2, -0.15) is 0 Å². The SMILES string of the molecule is CC(C)CCNCCOc1cccc(C(C)(C)C)c1. The highest BCUT2D eigenvalue weighted by Gasteiger charge is 2.13. The molecule has 0 bridgehead atoms. The second-order valence-corrected chi connectivity index (χ2v) is 6.56. The Morgan fingerprint density at radius 2 is 1.89 bits per heavy atom. The normalized spacial score (nSPS) is 11.9. The van der Waals surface area contributed by atoms with Gasteiger partial charge >= 0.3 is 0 Å². The molecule has 1 aromatic carbocycles. The van der Waals surface area contributed by atoms with Crippen LogP contribution in [-0.4, -0.2) is 19.7 Å². The smallest absolute Gasteiger partial charge is 0.119 e. The van der Waals surface area contributed by atoms with Crippen LogP contribution in [0.5, 0.6) is 5.75 Å². The lowest BCUT2D eigenvalue weighted by molar-refractivity contribution is 0.311. The molecule has 19 heavy (non-hydrogen) atoms. The van der Waals surface area contributed by atoms with Crippen LogP contribution < -0.4 is 10.1 Å². The first kappa shape index (κ1) is 16.0. The Bertz CT molecular complexity index is 366. The van der Waals surface area contributed by atoms with Gasteiger partial charge in [0.2, 0.25) is 0 Å². The maximum absolute atomic E-state index is 5.79. The van der Waals surface area contributed by atoms with Crippen LogP contribution in [0, 0.1) is 5.92 Å². The summed E-state index contributed by atoms with van der Waals surface area (Å²) in [5.41, 5.74) is 1.49. The molecule has 0 heterocycles. The van der Waals surface area contributed by atoms with Crippen LogP contribution in [0.2, 0.25) is 0 Å². The molecule has 0 radical (unpaired) electrons. The molecule has 0 fully saturated rings. The second kappa shape index (κ2) is 7.54. The molecule has 0 aliphatic carbocycles. The van der Waals surface area contributed by atoms with E-state index in [2.05, 4.69) is 58.1 Å². The van der Waals surface area contributed by atoms with E-state index in [9.17, 15) is 0 Å². The van der Waals surface area contributed by atoms with Gasteiger partial charge in [0.05, 0.1) is 0 Å². The maximum Gasteiger partial charge on any atom is 0.119 e. The predicted molar refractivity (Wildman–Crippen MR) is 83.0 cm³/mol. The second-order valence-electron chi connectivity index (χ2n) is 6.56. The van der Waals surface area contributed by atoms with Crippen LogP contribution >= 0.6 is 0 Å².